The van der Waals surface area contributed by atoms with Gasteiger partial charge in [-0.15, -0.1) is 0 Å². The topological polar surface area (TPSA) is 29.5 Å². The fourth-order valence-corrected chi connectivity index (χ4v) is 3.55. The normalized spacial score (nSPS) is 11.6. The summed E-state index contributed by atoms with van der Waals surface area (Å²) in [7, 11) is 1.70. The van der Waals surface area contributed by atoms with Crippen molar-refractivity contribution in [3.05, 3.63) is 101 Å². The third-order valence-corrected chi connectivity index (χ3v) is 4.97. The molecule has 26 heavy (non-hydrogen) atoms. The lowest BCUT2D eigenvalue weighted by Gasteiger charge is -2.32. The quantitative estimate of drug-likeness (QED) is 0.626. The van der Waals surface area contributed by atoms with Crippen LogP contribution in [0.3, 0.4) is 0 Å². The third-order valence-electron chi connectivity index (χ3n) is 4.97. The van der Waals surface area contributed by atoms with Gasteiger partial charge in [0.2, 0.25) is 0 Å². The average molecular weight is 346 g/mol. The van der Waals surface area contributed by atoms with Crippen LogP contribution in [0.5, 0.6) is 5.75 Å². The lowest BCUT2D eigenvalue weighted by atomic mass is 9.77. The summed E-state index contributed by atoms with van der Waals surface area (Å²) < 4.78 is 5.58. The summed E-state index contributed by atoms with van der Waals surface area (Å²) in [5, 5.41) is 12.0. The molecule has 1 N–H and O–H groups in total. The van der Waals surface area contributed by atoms with E-state index >= 15 is 0 Å². The number of aryl methyl sites for hydroxylation is 1. The predicted octanol–water partition coefficient (Wildman–Crippen LogP) is 5.41. The van der Waals surface area contributed by atoms with E-state index in [1.165, 1.54) is 0 Å². The molecular formula is C24H26O2. The summed E-state index contributed by atoms with van der Waals surface area (Å²) in [5.41, 5.74) is 3.48. The maximum atomic E-state index is 12.0. The minimum absolute atomic E-state index is 0.292. The average Bonchev–Trinajstić information content (AvgIpc) is 2.68. The van der Waals surface area contributed by atoms with Crippen molar-refractivity contribution in [3.8, 4) is 5.75 Å². The van der Waals surface area contributed by atoms with Crippen LogP contribution in [0.4, 0.5) is 0 Å². The first-order valence-corrected chi connectivity index (χ1v) is 9.01. The summed E-state index contributed by atoms with van der Waals surface area (Å²) in [5.74, 6) is 1.16. The van der Waals surface area contributed by atoms with Gasteiger partial charge in [0, 0.05) is 0 Å². The zero-order valence-electron chi connectivity index (χ0n) is 15.9. The lowest BCUT2D eigenvalue weighted by molar-refractivity contribution is 0.125. The summed E-state index contributed by atoms with van der Waals surface area (Å²) in [6, 6.07) is 23.8. The van der Waals surface area contributed by atoms with Gasteiger partial charge in [-0.3, -0.25) is 0 Å². The second-order valence-electron chi connectivity index (χ2n) is 7.01. The Labute approximate surface area is 156 Å². The SMILES string of the molecule is COc1cc(C)c(C(O)(c2ccccc2)c2ccccc2)cc1C(C)C. The van der Waals surface area contributed by atoms with Crippen LogP contribution in [-0.2, 0) is 5.60 Å². The maximum Gasteiger partial charge on any atom is 0.140 e. The molecule has 0 amide bonds. The zero-order valence-corrected chi connectivity index (χ0v) is 15.9. The van der Waals surface area contributed by atoms with Crippen molar-refractivity contribution in [3.63, 3.8) is 0 Å². The molecule has 0 unspecified atom stereocenters. The van der Waals surface area contributed by atoms with Gasteiger partial charge >= 0.3 is 0 Å². The highest BCUT2D eigenvalue weighted by molar-refractivity contribution is 5.54. The molecule has 0 bridgehead atoms. The van der Waals surface area contributed by atoms with E-state index in [1.807, 2.05) is 73.7 Å². The van der Waals surface area contributed by atoms with Crippen molar-refractivity contribution in [1.29, 1.82) is 0 Å². The van der Waals surface area contributed by atoms with Crippen LogP contribution in [0.2, 0.25) is 0 Å². The summed E-state index contributed by atoms with van der Waals surface area (Å²) in [6.45, 7) is 6.31. The monoisotopic (exact) mass is 346 g/mol. The van der Waals surface area contributed by atoms with E-state index in [0.29, 0.717) is 5.92 Å². The van der Waals surface area contributed by atoms with Gasteiger partial charge in [0.1, 0.15) is 11.4 Å². The van der Waals surface area contributed by atoms with Crippen LogP contribution in [0.25, 0.3) is 0 Å². The molecule has 0 aromatic heterocycles. The molecule has 3 aromatic rings. The van der Waals surface area contributed by atoms with E-state index in [0.717, 1.165) is 33.6 Å². The third kappa shape index (κ3) is 3.13. The second kappa shape index (κ2) is 7.35. The highest BCUT2D eigenvalue weighted by Crippen LogP contribution is 2.41. The molecule has 2 nitrogen and oxygen atoms in total. The van der Waals surface area contributed by atoms with E-state index < -0.39 is 5.60 Å². The van der Waals surface area contributed by atoms with Crippen molar-refractivity contribution in [1.82, 2.24) is 0 Å². The first-order valence-electron chi connectivity index (χ1n) is 9.01. The Bertz CT molecular complexity index is 828. The molecule has 0 atom stereocenters. The molecule has 0 spiro atoms. The van der Waals surface area contributed by atoms with Crippen LogP contribution >= 0.6 is 0 Å². The molecular weight excluding hydrogens is 320 g/mol. The molecule has 2 heteroatoms. The molecule has 0 saturated carbocycles. The Morgan fingerprint density at radius 3 is 1.77 bits per heavy atom. The molecule has 0 aliphatic carbocycles. The highest BCUT2D eigenvalue weighted by Gasteiger charge is 2.35. The van der Waals surface area contributed by atoms with Crippen LogP contribution in [0, 0.1) is 6.92 Å². The van der Waals surface area contributed by atoms with Gasteiger partial charge in [-0.25, -0.2) is 0 Å². The van der Waals surface area contributed by atoms with Crippen molar-refractivity contribution in [2.45, 2.75) is 32.3 Å². The fourth-order valence-electron chi connectivity index (χ4n) is 3.55. The molecule has 0 aliphatic rings. The Balaban J connectivity index is 2.32. The molecule has 0 radical (unpaired) electrons. The van der Waals surface area contributed by atoms with Crippen LogP contribution < -0.4 is 4.74 Å². The first-order chi connectivity index (χ1) is 12.5. The van der Waals surface area contributed by atoms with Crippen molar-refractivity contribution < 1.29 is 9.84 Å². The summed E-state index contributed by atoms with van der Waals surface area (Å²) >= 11 is 0. The van der Waals surface area contributed by atoms with Crippen molar-refractivity contribution in [2.24, 2.45) is 0 Å². The van der Waals surface area contributed by atoms with Gasteiger partial charge in [-0.2, -0.15) is 0 Å². The Kier molecular flexibility index (Phi) is 5.15. The van der Waals surface area contributed by atoms with Gasteiger partial charge in [0.15, 0.2) is 0 Å². The second-order valence-corrected chi connectivity index (χ2v) is 7.01. The zero-order chi connectivity index (χ0) is 18.7. The van der Waals surface area contributed by atoms with E-state index in [-0.39, 0.29) is 0 Å². The van der Waals surface area contributed by atoms with E-state index in [4.69, 9.17) is 4.74 Å². The lowest BCUT2D eigenvalue weighted by Crippen LogP contribution is -2.30. The van der Waals surface area contributed by atoms with Crippen LogP contribution in [0.1, 0.15) is 47.6 Å². The number of ether oxygens (including phenoxy) is 1. The van der Waals surface area contributed by atoms with Gasteiger partial charge in [0.05, 0.1) is 7.11 Å². The summed E-state index contributed by atoms with van der Waals surface area (Å²) in [6.07, 6.45) is 0. The molecule has 0 aliphatic heterocycles. The predicted molar refractivity (Wildman–Crippen MR) is 107 cm³/mol. The van der Waals surface area contributed by atoms with Gasteiger partial charge < -0.3 is 9.84 Å². The van der Waals surface area contributed by atoms with Crippen LogP contribution in [0.15, 0.2) is 72.8 Å². The number of rotatable bonds is 5. The van der Waals surface area contributed by atoms with Crippen molar-refractivity contribution >= 4 is 0 Å². The Morgan fingerprint density at radius 2 is 1.35 bits per heavy atom. The molecule has 3 rings (SSSR count). The number of hydrogen-bond acceptors (Lipinski definition) is 2. The molecule has 0 saturated heterocycles. The molecule has 0 heterocycles. The molecule has 3 aromatic carbocycles. The van der Waals surface area contributed by atoms with E-state index in [9.17, 15) is 5.11 Å². The van der Waals surface area contributed by atoms with Crippen LogP contribution in [-0.4, -0.2) is 12.2 Å². The van der Waals surface area contributed by atoms with Crippen molar-refractivity contribution in [2.75, 3.05) is 7.11 Å². The van der Waals surface area contributed by atoms with Gasteiger partial charge in [-0.05, 0) is 52.8 Å². The Morgan fingerprint density at radius 1 is 0.846 bits per heavy atom. The number of benzene rings is 3. The van der Waals surface area contributed by atoms with E-state index in [2.05, 4.69) is 19.9 Å². The summed E-state index contributed by atoms with van der Waals surface area (Å²) in [4.78, 5) is 0. The number of methoxy groups -OCH3 is 1. The minimum atomic E-state index is -1.22. The minimum Gasteiger partial charge on any atom is -0.496 e. The molecule has 134 valence electrons. The standard InChI is InChI=1S/C24H26O2/c1-17(2)21-16-22(18(3)15-23(21)26-4)24(25,19-11-7-5-8-12-19)20-13-9-6-10-14-20/h5-17,25H,1-4H3. The number of hydrogen-bond donors (Lipinski definition) is 1. The molecule has 0 fully saturated rings. The fraction of sp³-hybridized carbons (Fsp3) is 0.250. The Hall–Kier alpha value is -2.58. The van der Waals surface area contributed by atoms with E-state index in [1.54, 1.807) is 7.11 Å². The maximum absolute atomic E-state index is 12.0. The largest absolute Gasteiger partial charge is 0.496 e. The smallest absolute Gasteiger partial charge is 0.140 e. The highest BCUT2D eigenvalue weighted by atomic mass is 16.5. The van der Waals surface area contributed by atoms with Gasteiger partial charge in [-0.1, -0.05) is 74.5 Å². The van der Waals surface area contributed by atoms with Gasteiger partial charge in [0.25, 0.3) is 0 Å². The first kappa shape index (κ1) is 18.2. The number of aliphatic hydroxyl groups is 1.